The van der Waals surface area contributed by atoms with Gasteiger partial charge in [0, 0.05) is 6.61 Å². The molecule has 7 heteroatoms. The van der Waals surface area contributed by atoms with E-state index in [1.54, 1.807) is 20.8 Å². The lowest BCUT2D eigenvalue weighted by Crippen LogP contribution is -2.59. The maximum atomic E-state index is 11.9. The summed E-state index contributed by atoms with van der Waals surface area (Å²) in [5.74, 6) is 0. The van der Waals surface area contributed by atoms with Gasteiger partial charge in [0.2, 0.25) is 0 Å². The molecule has 0 saturated carbocycles. The van der Waals surface area contributed by atoms with E-state index < -0.39 is 29.4 Å². The first-order valence-corrected chi connectivity index (χ1v) is 6.34. The first kappa shape index (κ1) is 13.9. The van der Waals surface area contributed by atoms with Crippen LogP contribution in [-0.2, 0) is 14.2 Å². The molecular weight excluding hydrogens is 252 g/mol. The average Bonchev–Trinajstić information content (AvgIpc) is 2.84. The molecule has 0 aromatic carbocycles. The Hall–Kier alpha value is -1.50. The zero-order valence-electron chi connectivity index (χ0n) is 11.4. The van der Waals surface area contributed by atoms with Crippen molar-refractivity contribution in [2.45, 2.75) is 44.4 Å². The van der Waals surface area contributed by atoms with Gasteiger partial charge in [-0.05, 0) is 27.2 Å². The molecule has 2 saturated heterocycles. The van der Waals surface area contributed by atoms with Crippen molar-refractivity contribution in [2.75, 3.05) is 19.8 Å². The summed E-state index contributed by atoms with van der Waals surface area (Å²) in [5.41, 5.74) is -1.28. The van der Waals surface area contributed by atoms with E-state index in [0.717, 1.165) is 0 Å². The molecule has 2 aliphatic rings. The Balaban J connectivity index is 2.03. The van der Waals surface area contributed by atoms with Crippen LogP contribution in [0.5, 0.6) is 0 Å². The molecule has 2 unspecified atom stereocenters. The van der Waals surface area contributed by atoms with Gasteiger partial charge in [0.15, 0.2) is 0 Å². The highest BCUT2D eigenvalue weighted by atomic mass is 16.6. The summed E-state index contributed by atoms with van der Waals surface area (Å²) < 4.78 is 15.8. The summed E-state index contributed by atoms with van der Waals surface area (Å²) in [6, 6.07) is 0. The molecule has 2 fully saturated rings. The van der Waals surface area contributed by atoms with Gasteiger partial charge in [0.05, 0.1) is 13.2 Å². The lowest BCUT2D eigenvalue weighted by atomic mass is 9.91. The van der Waals surface area contributed by atoms with Gasteiger partial charge < -0.3 is 24.8 Å². The normalized spacial score (nSPS) is 30.7. The standard InChI is InChI=1S/C12H20N2O5/c1-11(2,3)19-10(16)14-12(4-5-17-7-12)8-6-13-9(15)18-8/h8H,4-7H2,1-3H3,(H,13,15)(H,14,16). The minimum Gasteiger partial charge on any atom is -0.444 e. The molecular formula is C12H20N2O5. The quantitative estimate of drug-likeness (QED) is 0.775. The average molecular weight is 272 g/mol. The van der Waals surface area contributed by atoms with Gasteiger partial charge in [-0.25, -0.2) is 9.59 Å². The van der Waals surface area contributed by atoms with E-state index in [4.69, 9.17) is 14.2 Å². The highest BCUT2D eigenvalue weighted by molar-refractivity contribution is 5.71. The van der Waals surface area contributed by atoms with Gasteiger partial charge in [-0.15, -0.1) is 0 Å². The minimum absolute atomic E-state index is 0.311. The Labute approximate surface area is 112 Å². The predicted molar refractivity (Wildman–Crippen MR) is 65.8 cm³/mol. The van der Waals surface area contributed by atoms with Gasteiger partial charge in [0.1, 0.15) is 17.2 Å². The Morgan fingerprint density at radius 3 is 2.74 bits per heavy atom. The summed E-state index contributed by atoms with van der Waals surface area (Å²) in [7, 11) is 0. The zero-order chi connectivity index (χ0) is 14.1. The van der Waals surface area contributed by atoms with Crippen molar-refractivity contribution in [3.63, 3.8) is 0 Å². The molecule has 0 radical (unpaired) electrons. The van der Waals surface area contributed by atoms with Crippen molar-refractivity contribution < 1.29 is 23.8 Å². The third-order valence-corrected chi connectivity index (χ3v) is 3.10. The zero-order valence-corrected chi connectivity index (χ0v) is 11.4. The van der Waals surface area contributed by atoms with E-state index in [9.17, 15) is 9.59 Å². The second-order valence-corrected chi connectivity index (χ2v) is 5.86. The molecule has 2 N–H and O–H groups in total. The fraction of sp³-hybridized carbons (Fsp3) is 0.833. The first-order valence-electron chi connectivity index (χ1n) is 6.34. The number of hydrogen-bond acceptors (Lipinski definition) is 5. The molecule has 0 spiro atoms. The van der Waals surface area contributed by atoms with Crippen molar-refractivity contribution in [3.05, 3.63) is 0 Å². The summed E-state index contributed by atoms with van der Waals surface area (Å²) in [5, 5.41) is 5.39. The predicted octanol–water partition coefficient (Wildman–Crippen LogP) is 0.779. The van der Waals surface area contributed by atoms with Crippen molar-refractivity contribution in [1.29, 1.82) is 0 Å². The van der Waals surface area contributed by atoms with Gasteiger partial charge >= 0.3 is 12.2 Å². The minimum atomic E-state index is -0.707. The molecule has 108 valence electrons. The molecule has 0 aliphatic carbocycles. The van der Waals surface area contributed by atoms with Crippen LogP contribution in [0.4, 0.5) is 9.59 Å². The van der Waals surface area contributed by atoms with E-state index in [1.807, 2.05) is 0 Å². The van der Waals surface area contributed by atoms with Gasteiger partial charge in [-0.1, -0.05) is 0 Å². The largest absolute Gasteiger partial charge is 0.444 e. The Morgan fingerprint density at radius 2 is 2.26 bits per heavy atom. The van der Waals surface area contributed by atoms with E-state index in [-0.39, 0.29) is 0 Å². The number of nitrogens with one attached hydrogen (secondary N) is 2. The number of carbonyl (C=O) groups excluding carboxylic acids is 2. The van der Waals surface area contributed by atoms with Crippen LogP contribution in [0.25, 0.3) is 0 Å². The van der Waals surface area contributed by atoms with Gasteiger partial charge in [-0.2, -0.15) is 0 Å². The van der Waals surface area contributed by atoms with Crippen LogP contribution in [0.15, 0.2) is 0 Å². The van der Waals surface area contributed by atoms with Crippen molar-refractivity contribution in [3.8, 4) is 0 Å². The smallest absolute Gasteiger partial charge is 0.408 e. The summed E-state index contributed by atoms with van der Waals surface area (Å²) in [6.07, 6.45) is -0.843. The Bertz CT molecular complexity index is 371. The van der Waals surface area contributed by atoms with Crippen LogP contribution in [0.3, 0.4) is 0 Å². The number of hydrogen-bond donors (Lipinski definition) is 2. The molecule has 7 nitrogen and oxygen atoms in total. The molecule has 2 rings (SSSR count). The van der Waals surface area contributed by atoms with Crippen molar-refractivity contribution in [1.82, 2.24) is 10.6 Å². The van der Waals surface area contributed by atoms with E-state index in [2.05, 4.69) is 10.6 Å². The Kier molecular flexibility index (Phi) is 3.58. The number of cyclic esters (lactones) is 1. The molecule has 0 aromatic rings. The van der Waals surface area contributed by atoms with E-state index >= 15 is 0 Å². The second-order valence-electron chi connectivity index (χ2n) is 5.86. The molecule has 2 aliphatic heterocycles. The van der Waals surface area contributed by atoms with E-state index in [1.165, 1.54) is 0 Å². The van der Waals surface area contributed by atoms with Crippen molar-refractivity contribution in [2.24, 2.45) is 0 Å². The maximum Gasteiger partial charge on any atom is 0.408 e. The third-order valence-electron chi connectivity index (χ3n) is 3.10. The fourth-order valence-electron chi connectivity index (χ4n) is 2.22. The highest BCUT2D eigenvalue weighted by Gasteiger charge is 2.49. The molecule has 19 heavy (non-hydrogen) atoms. The van der Waals surface area contributed by atoms with Crippen LogP contribution in [0, 0.1) is 0 Å². The summed E-state index contributed by atoms with van der Waals surface area (Å²) in [4.78, 5) is 23.1. The lowest BCUT2D eigenvalue weighted by Gasteiger charge is -2.33. The number of rotatable bonds is 2. The molecule has 0 bridgehead atoms. The van der Waals surface area contributed by atoms with Crippen molar-refractivity contribution >= 4 is 12.2 Å². The SMILES string of the molecule is CC(C)(C)OC(=O)NC1(C2CNC(=O)O2)CCOC1. The van der Waals surface area contributed by atoms with Crippen LogP contribution >= 0.6 is 0 Å². The first-order chi connectivity index (χ1) is 8.81. The van der Waals surface area contributed by atoms with Crippen LogP contribution in [0.2, 0.25) is 0 Å². The Morgan fingerprint density at radius 1 is 1.53 bits per heavy atom. The fourth-order valence-corrected chi connectivity index (χ4v) is 2.22. The molecule has 2 heterocycles. The number of ether oxygens (including phenoxy) is 3. The van der Waals surface area contributed by atoms with E-state index in [0.29, 0.717) is 26.2 Å². The maximum absolute atomic E-state index is 11.9. The summed E-state index contributed by atoms with van der Waals surface area (Å²) >= 11 is 0. The van der Waals surface area contributed by atoms with Gasteiger partial charge in [0.25, 0.3) is 0 Å². The monoisotopic (exact) mass is 272 g/mol. The van der Waals surface area contributed by atoms with Gasteiger partial charge in [-0.3, -0.25) is 0 Å². The molecule has 2 amide bonds. The molecule has 2 atom stereocenters. The number of alkyl carbamates (subject to hydrolysis) is 2. The highest BCUT2D eigenvalue weighted by Crippen LogP contribution is 2.27. The number of carbonyl (C=O) groups is 2. The third kappa shape index (κ3) is 3.28. The van der Waals surface area contributed by atoms with Crippen LogP contribution in [0.1, 0.15) is 27.2 Å². The number of amides is 2. The van der Waals surface area contributed by atoms with Crippen LogP contribution in [-0.4, -0.2) is 49.2 Å². The topological polar surface area (TPSA) is 85.9 Å². The second kappa shape index (κ2) is 4.88. The summed E-state index contributed by atoms with van der Waals surface area (Å²) in [6.45, 7) is 6.57. The van der Waals surface area contributed by atoms with Crippen LogP contribution < -0.4 is 10.6 Å². The molecule has 0 aromatic heterocycles. The lowest BCUT2D eigenvalue weighted by molar-refractivity contribution is 0.0225.